The van der Waals surface area contributed by atoms with E-state index in [4.69, 9.17) is 10.5 Å². The van der Waals surface area contributed by atoms with Crippen molar-refractivity contribution in [3.63, 3.8) is 0 Å². The molecule has 1 unspecified atom stereocenters. The highest BCUT2D eigenvalue weighted by molar-refractivity contribution is 7.15. The minimum absolute atomic E-state index is 0.0986. The number of thiazole rings is 1. The van der Waals surface area contributed by atoms with Crippen LogP contribution in [0.2, 0.25) is 0 Å². The Bertz CT molecular complexity index is 747. The molecule has 0 bridgehead atoms. The van der Waals surface area contributed by atoms with Gasteiger partial charge in [0.1, 0.15) is 11.6 Å². The molecule has 1 aliphatic heterocycles. The maximum atomic E-state index is 13.7. The van der Waals surface area contributed by atoms with Crippen LogP contribution in [-0.4, -0.2) is 30.1 Å². The molecule has 25 heavy (non-hydrogen) atoms. The van der Waals surface area contributed by atoms with Crippen molar-refractivity contribution in [2.45, 2.75) is 25.3 Å². The summed E-state index contributed by atoms with van der Waals surface area (Å²) in [7, 11) is 0. The lowest BCUT2D eigenvalue weighted by atomic mass is 9.92. The number of nitrogens with zero attached hydrogens (tertiary/aromatic N) is 1. The normalized spacial score (nSPS) is 16.6. The zero-order valence-corrected chi connectivity index (χ0v) is 14.3. The zero-order valence-electron chi connectivity index (χ0n) is 13.5. The van der Waals surface area contributed by atoms with Crippen LogP contribution in [0.1, 0.15) is 23.3 Å². The Morgan fingerprint density at radius 1 is 1.40 bits per heavy atom. The third kappa shape index (κ3) is 4.59. The summed E-state index contributed by atoms with van der Waals surface area (Å²) in [5, 5.41) is 3.14. The first-order valence-corrected chi connectivity index (χ1v) is 8.87. The molecular weight excluding hydrogens is 348 g/mol. The molecule has 1 aromatic carbocycles. The Labute approximate surface area is 148 Å². The smallest absolute Gasteiger partial charge is 0.243 e. The second-order valence-electron chi connectivity index (χ2n) is 6.01. The number of carbonyl (C=O) groups is 1. The van der Waals surface area contributed by atoms with Crippen LogP contribution in [0, 0.1) is 17.6 Å². The van der Waals surface area contributed by atoms with Crippen molar-refractivity contribution in [3.8, 4) is 0 Å². The second kappa shape index (κ2) is 7.99. The van der Waals surface area contributed by atoms with E-state index < -0.39 is 17.7 Å². The van der Waals surface area contributed by atoms with Gasteiger partial charge in [0.05, 0.1) is 6.04 Å². The van der Waals surface area contributed by atoms with Gasteiger partial charge in [0.2, 0.25) is 5.91 Å². The van der Waals surface area contributed by atoms with Gasteiger partial charge in [0.25, 0.3) is 0 Å². The van der Waals surface area contributed by atoms with Crippen LogP contribution in [0.4, 0.5) is 13.9 Å². The fourth-order valence-corrected chi connectivity index (χ4v) is 3.62. The van der Waals surface area contributed by atoms with Crippen LogP contribution < -0.4 is 11.1 Å². The van der Waals surface area contributed by atoms with Gasteiger partial charge in [-0.3, -0.25) is 4.79 Å². The molecule has 134 valence electrons. The molecule has 1 fully saturated rings. The number of carbonyl (C=O) groups excluding carboxylic acids is 1. The maximum absolute atomic E-state index is 13.7. The van der Waals surface area contributed by atoms with Gasteiger partial charge in [-0.1, -0.05) is 6.07 Å². The van der Waals surface area contributed by atoms with Crippen molar-refractivity contribution < 1.29 is 18.3 Å². The fraction of sp³-hybridized carbons (Fsp3) is 0.412. The highest BCUT2D eigenvalue weighted by Gasteiger charge is 2.27. The number of amides is 1. The second-order valence-corrected chi connectivity index (χ2v) is 7.12. The van der Waals surface area contributed by atoms with Gasteiger partial charge < -0.3 is 15.8 Å². The summed E-state index contributed by atoms with van der Waals surface area (Å²) >= 11 is 1.25. The largest absolute Gasteiger partial charge is 0.381 e. The first-order chi connectivity index (χ1) is 12.0. The number of nitrogens with one attached hydrogen (secondary N) is 1. The van der Waals surface area contributed by atoms with Gasteiger partial charge in [0, 0.05) is 36.8 Å². The number of ether oxygens (including phenoxy) is 1. The van der Waals surface area contributed by atoms with Crippen LogP contribution >= 0.6 is 11.3 Å². The number of benzene rings is 1. The van der Waals surface area contributed by atoms with Crippen LogP contribution in [0.25, 0.3) is 0 Å². The number of rotatable bonds is 5. The quantitative estimate of drug-likeness (QED) is 0.852. The maximum Gasteiger partial charge on any atom is 0.243 e. The molecule has 1 atom stereocenters. The summed E-state index contributed by atoms with van der Waals surface area (Å²) in [6, 6.07) is 2.87. The molecule has 3 rings (SSSR count). The molecule has 2 aromatic rings. The Morgan fingerprint density at radius 3 is 2.88 bits per heavy atom. The van der Waals surface area contributed by atoms with E-state index in [9.17, 15) is 13.6 Å². The summed E-state index contributed by atoms with van der Waals surface area (Å²) in [4.78, 5) is 17.2. The van der Waals surface area contributed by atoms with Crippen molar-refractivity contribution in [2.75, 3.05) is 18.5 Å². The number of aromatic nitrogens is 1. The van der Waals surface area contributed by atoms with Crippen LogP contribution in [-0.2, 0) is 16.0 Å². The van der Waals surface area contributed by atoms with E-state index in [-0.39, 0.29) is 18.2 Å². The van der Waals surface area contributed by atoms with Gasteiger partial charge in [0.15, 0.2) is 5.13 Å². The van der Waals surface area contributed by atoms with Gasteiger partial charge in [-0.15, -0.1) is 11.3 Å². The number of hydrogen-bond donors (Lipinski definition) is 2. The first kappa shape index (κ1) is 17.9. The van der Waals surface area contributed by atoms with Crippen molar-refractivity contribution in [1.29, 1.82) is 0 Å². The van der Waals surface area contributed by atoms with E-state index in [0.717, 1.165) is 23.8 Å². The fourth-order valence-electron chi connectivity index (χ4n) is 2.78. The van der Waals surface area contributed by atoms with Gasteiger partial charge >= 0.3 is 0 Å². The minimum Gasteiger partial charge on any atom is -0.381 e. The number of anilines is 1. The third-order valence-corrected chi connectivity index (χ3v) is 5.15. The van der Waals surface area contributed by atoms with Crippen LogP contribution in [0.15, 0.2) is 24.4 Å². The Balaban J connectivity index is 1.60. The molecule has 3 N–H and O–H groups in total. The van der Waals surface area contributed by atoms with Crippen LogP contribution in [0.5, 0.6) is 0 Å². The third-order valence-electron chi connectivity index (χ3n) is 4.24. The van der Waals surface area contributed by atoms with Crippen molar-refractivity contribution in [1.82, 2.24) is 4.98 Å². The summed E-state index contributed by atoms with van der Waals surface area (Å²) in [6.45, 7) is 1.24. The average Bonchev–Trinajstić information content (AvgIpc) is 3.04. The highest BCUT2D eigenvalue weighted by Crippen LogP contribution is 2.24. The topological polar surface area (TPSA) is 77.2 Å². The number of nitrogens with two attached hydrogens (primary N) is 1. The molecule has 5 nitrogen and oxygen atoms in total. The van der Waals surface area contributed by atoms with E-state index in [1.54, 1.807) is 6.20 Å². The van der Waals surface area contributed by atoms with Crippen molar-refractivity contribution >= 4 is 22.4 Å². The lowest BCUT2D eigenvalue weighted by Crippen LogP contribution is -2.43. The predicted molar refractivity (Wildman–Crippen MR) is 91.4 cm³/mol. The Kier molecular flexibility index (Phi) is 5.72. The molecule has 1 aromatic heterocycles. The molecular formula is C17H19F2N3O2S. The predicted octanol–water partition coefficient (Wildman–Crippen LogP) is 2.70. The summed E-state index contributed by atoms with van der Waals surface area (Å²) in [6.07, 6.45) is 3.39. The molecule has 1 saturated heterocycles. The molecule has 1 aliphatic rings. The molecule has 1 amide bonds. The highest BCUT2D eigenvalue weighted by atomic mass is 32.1. The molecule has 0 aliphatic carbocycles. The minimum atomic E-state index is -0.611. The van der Waals surface area contributed by atoms with E-state index in [1.807, 2.05) is 0 Å². The molecule has 0 spiro atoms. The van der Waals surface area contributed by atoms with E-state index in [1.165, 1.54) is 23.5 Å². The molecule has 0 saturated carbocycles. The summed E-state index contributed by atoms with van der Waals surface area (Å²) < 4.78 is 31.9. The summed E-state index contributed by atoms with van der Waals surface area (Å²) in [5.41, 5.74) is 6.41. The van der Waals surface area contributed by atoms with Crippen molar-refractivity contribution in [3.05, 3.63) is 46.5 Å². The number of hydrogen-bond acceptors (Lipinski definition) is 5. The van der Waals surface area contributed by atoms with E-state index in [2.05, 4.69) is 10.3 Å². The molecule has 8 heteroatoms. The zero-order chi connectivity index (χ0) is 17.8. The average molecular weight is 367 g/mol. The van der Waals surface area contributed by atoms with Gasteiger partial charge in [-0.05, 0) is 30.4 Å². The van der Waals surface area contributed by atoms with Gasteiger partial charge in [-0.25, -0.2) is 13.8 Å². The summed E-state index contributed by atoms with van der Waals surface area (Å²) in [5.74, 6) is -1.39. The van der Waals surface area contributed by atoms with Gasteiger partial charge in [-0.2, -0.15) is 0 Å². The molecule has 2 heterocycles. The standard InChI is InChI=1S/C17H19F2N3O2S/c18-12-2-1-11(14(19)8-12)7-13-9-21-17(25-13)22-16(23)15(20)10-3-5-24-6-4-10/h1-2,8-10,15H,3-7,20H2,(H,21,22,23). The first-order valence-electron chi connectivity index (χ1n) is 8.06. The lowest BCUT2D eigenvalue weighted by Gasteiger charge is -2.26. The molecule has 0 radical (unpaired) electrons. The van der Waals surface area contributed by atoms with E-state index >= 15 is 0 Å². The number of halogens is 2. The van der Waals surface area contributed by atoms with Crippen molar-refractivity contribution in [2.24, 2.45) is 11.7 Å². The van der Waals surface area contributed by atoms with Crippen LogP contribution in [0.3, 0.4) is 0 Å². The Morgan fingerprint density at radius 2 is 2.16 bits per heavy atom. The Hall–Kier alpha value is -1.90. The van der Waals surface area contributed by atoms with E-state index in [0.29, 0.717) is 23.9 Å². The SMILES string of the molecule is NC(C(=O)Nc1ncc(Cc2ccc(F)cc2F)s1)C1CCOCC1. The monoisotopic (exact) mass is 367 g/mol. The lowest BCUT2D eigenvalue weighted by molar-refractivity contribution is -0.119.